The van der Waals surface area contributed by atoms with Crippen molar-refractivity contribution < 1.29 is 19.1 Å². The predicted molar refractivity (Wildman–Crippen MR) is 140 cm³/mol. The van der Waals surface area contributed by atoms with E-state index in [0.717, 1.165) is 34.1 Å². The first kappa shape index (κ1) is 25.5. The molecular formula is C26H31N5O4S. The van der Waals surface area contributed by atoms with Crippen molar-refractivity contribution in [3.05, 3.63) is 71.1 Å². The molecule has 0 radical (unpaired) electrons. The highest BCUT2D eigenvalue weighted by Gasteiger charge is 2.37. The fraction of sp³-hybridized carbons (Fsp3) is 0.346. The lowest BCUT2D eigenvalue weighted by Crippen LogP contribution is -2.57. The van der Waals surface area contributed by atoms with Gasteiger partial charge in [0.25, 0.3) is 0 Å². The van der Waals surface area contributed by atoms with Crippen LogP contribution >= 0.6 is 11.3 Å². The maximum Gasteiger partial charge on any atom is 0.408 e. The zero-order chi connectivity index (χ0) is 25.3. The number of amidine groups is 1. The molecule has 3 aromatic rings. The molecule has 10 heteroatoms. The minimum absolute atomic E-state index is 0.148. The van der Waals surface area contributed by atoms with E-state index < -0.39 is 18.2 Å². The molecule has 2 aromatic carbocycles. The second-order valence-corrected chi connectivity index (χ2v) is 9.38. The summed E-state index contributed by atoms with van der Waals surface area (Å²) in [6, 6.07) is 16.5. The molecule has 0 bridgehead atoms. The smallest absolute Gasteiger partial charge is 0.408 e. The van der Waals surface area contributed by atoms with E-state index in [1.54, 1.807) is 16.3 Å². The summed E-state index contributed by atoms with van der Waals surface area (Å²) in [7, 11) is 1.37. The molecule has 0 fully saturated rings. The fourth-order valence-electron chi connectivity index (χ4n) is 4.14. The molecule has 0 saturated heterocycles. The third-order valence-corrected chi connectivity index (χ3v) is 7.02. The summed E-state index contributed by atoms with van der Waals surface area (Å²) in [6.45, 7) is 2.21. The Morgan fingerprint density at radius 2 is 1.92 bits per heavy atom. The van der Waals surface area contributed by atoms with Gasteiger partial charge in [0.05, 0.1) is 13.2 Å². The molecule has 0 saturated carbocycles. The zero-order valence-corrected chi connectivity index (χ0v) is 21.2. The van der Waals surface area contributed by atoms with Crippen LogP contribution in [0.3, 0.4) is 0 Å². The van der Waals surface area contributed by atoms with Gasteiger partial charge in [-0.15, -0.1) is 22.0 Å². The molecule has 0 aliphatic carbocycles. The number of thiophene rings is 1. The lowest BCUT2D eigenvalue weighted by Gasteiger charge is -2.30. The molecule has 190 valence electrons. The molecule has 1 amide bonds. The van der Waals surface area contributed by atoms with E-state index in [1.807, 2.05) is 42.5 Å². The molecule has 1 aromatic heterocycles. The Kier molecular flexibility index (Phi) is 8.75. The van der Waals surface area contributed by atoms with E-state index in [1.165, 1.54) is 7.11 Å². The highest BCUT2D eigenvalue weighted by atomic mass is 32.1. The Balaban J connectivity index is 1.57. The van der Waals surface area contributed by atoms with Crippen molar-refractivity contribution in [2.75, 3.05) is 7.11 Å². The predicted octanol–water partition coefficient (Wildman–Crippen LogP) is 4.11. The number of rotatable bonds is 11. The number of amides is 1. The summed E-state index contributed by atoms with van der Waals surface area (Å²) in [6.07, 6.45) is 2.22. The van der Waals surface area contributed by atoms with Gasteiger partial charge in [0.2, 0.25) is 0 Å². The Morgan fingerprint density at radius 3 is 2.69 bits per heavy atom. The quantitative estimate of drug-likeness (QED) is 0.334. The number of carbonyl (C=O) groups is 2. The zero-order valence-electron chi connectivity index (χ0n) is 20.4. The second-order valence-electron chi connectivity index (χ2n) is 8.46. The largest absolute Gasteiger partial charge is 0.467 e. The SMILES string of the molecule is CCCC[C@@H](C(=O)OC)N1NNN=C1[C@H](Cc1csc2ccccc12)NC(=O)OCc1ccccc1. The van der Waals surface area contributed by atoms with Gasteiger partial charge in [-0.1, -0.05) is 68.3 Å². The third kappa shape index (κ3) is 6.13. The van der Waals surface area contributed by atoms with Crippen LogP contribution in [0, 0.1) is 0 Å². The number of hydrazone groups is 1. The van der Waals surface area contributed by atoms with Gasteiger partial charge in [0.1, 0.15) is 12.6 Å². The average Bonchev–Trinajstić information content (AvgIpc) is 3.55. The van der Waals surface area contributed by atoms with Crippen LogP contribution < -0.4 is 16.4 Å². The maximum atomic E-state index is 12.9. The molecule has 3 N–H and O–H groups in total. The van der Waals surface area contributed by atoms with Crippen molar-refractivity contribution in [1.82, 2.24) is 21.4 Å². The van der Waals surface area contributed by atoms with Crippen LogP contribution in [-0.4, -0.2) is 42.1 Å². The Hall–Kier alpha value is -3.63. The van der Waals surface area contributed by atoms with E-state index in [9.17, 15) is 9.59 Å². The monoisotopic (exact) mass is 509 g/mol. The minimum atomic E-state index is -0.604. The Labute approximate surface area is 214 Å². The third-order valence-electron chi connectivity index (χ3n) is 6.01. The summed E-state index contributed by atoms with van der Waals surface area (Å²) in [4.78, 5) is 25.5. The molecule has 0 unspecified atom stereocenters. The van der Waals surface area contributed by atoms with Crippen LogP contribution in [0.1, 0.15) is 37.3 Å². The van der Waals surface area contributed by atoms with E-state index in [4.69, 9.17) is 9.47 Å². The van der Waals surface area contributed by atoms with Crippen molar-refractivity contribution in [2.45, 2.75) is 51.3 Å². The van der Waals surface area contributed by atoms with Gasteiger partial charge in [-0.25, -0.2) is 15.1 Å². The van der Waals surface area contributed by atoms with Crippen LogP contribution in [-0.2, 0) is 27.3 Å². The first-order valence-corrected chi connectivity index (χ1v) is 12.9. The Bertz CT molecular complexity index is 1200. The van der Waals surface area contributed by atoms with Gasteiger partial charge in [-0.3, -0.25) is 5.01 Å². The standard InChI is InChI=1S/C26H31N5O4S/c1-3-4-13-22(25(32)34-2)31-24(28-29-30-31)21(15-19-17-36-23-14-9-8-12-20(19)23)27-26(33)35-16-18-10-6-5-7-11-18/h5-12,14,17,21-22,29-30H,3-4,13,15-16H2,1-2H3,(H,27,33)/t21-,22-/m0/s1. The lowest BCUT2D eigenvalue weighted by molar-refractivity contribution is -0.146. The number of methoxy groups -OCH3 is 1. The number of ether oxygens (including phenoxy) is 2. The number of esters is 1. The lowest BCUT2D eigenvalue weighted by atomic mass is 10.0. The van der Waals surface area contributed by atoms with Crippen molar-refractivity contribution >= 4 is 39.3 Å². The van der Waals surface area contributed by atoms with Crippen LogP contribution in [0.4, 0.5) is 4.79 Å². The molecule has 4 rings (SSSR count). The second kappa shape index (κ2) is 12.4. The first-order chi connectivity index (χ1) is 17.6. The number of hydrogen-bond acceptors (Lipinski definition) is 9. The van der Waals surface area contributed by atoms with Crippen molar-refractivity contribution in [2.24, 2.45) is 5.10 Å². The minimum Gasteiger partial charge on any atom is -0.467 e. The summed E-state index contributed by atoms with van der Waals surface area (Å²) in [5.74, 6) is 0.104. The van der Waals surface area contributed by atoms with Crippen molar-refractivity contribution in [3.8, 4) is 0 Å². The summed E-state index contributed by atoms with van der Waals surface area (Å²) < 4.78 is 11.7. The van der Waals surface area contributed by atoms with Crippen molar-refractivity contribution in [1.29, 1.82) is 0 Å². The number of unbranched alkanes of at least 4 members (excludes halogenated alkanes) is 1. The van der Waals surface area contributed by atoms with Gasteiger partial charge < -0.3 is 14.8 Å². The summed E-state index contributed by atoms with van der Waals surface area (Å²) >= 11 is 1.65. The number of fused-ring (bicyclic) bond motifs is 1. The van der Waals surface area contributed by atoms with Crippen LogP contribution in [0.5, 0.6) is 0 Å². The maximum absolute atomic E-state index is 12.9. The van der Waals surface area contributed by atoms with Gasteiger partial charge in [0.15, 0.2) is 5.84 Å². The molecule has 36 heavy (non-hydrogen) atoms. The van der Waals surface area contributed by atoms with Gasteiger partial charge in [0, 0.05) is 11.1 Å². The van der Waals surface area contributed by atoms with Crippen molar-refractivity contribution in [3.63, 3.8) is 0 Å². The number of carbonyl (C=O) groups excluding carboxylic acids is 2. The normalized spacial score (nSPS) is 14.6. The molecule has 9 nitrogen and oxygen atoms in total. The molecule has 1 aliphatic heterocycles. The van der Waals surface area contributed by atoms with E-state index in [-0.39, 0.29) is 12.6 Å². The van der Waals surface area contributed by atoms with Gasteiger partial charge in [-0.05, 0) is 34.4 Å². The molecule has 1 aliphatic rings. The first-order valence-electron chi connectivity index (χ1n) is 12.0. The van der Waals surface area contributed by atoms with Crippen LogP contribution in [0.2, 0.25) is 0 Å². The topological polar surface area (TPSA) is 104 Å². The Morgan fingerprint density at radius 1 is 1.14 bits per heavy atom. The highest BCUT2D eigenvalue weighted by Crippen LogP contribution is 2.27. The summed E-state index contributed by atoms with van der Waals surface area (Å²) in [5, 5.41) is 12.2. The molecular weight excluding hydrogens is 478 g/mol. The average molecular weight is 510 g/mol. The van der Waals surface area contributed by atoms with E-state index in [2.05, 4.69) is 45.9 Å². The molecule has 2 heterocycles. The molecule has 2 atom stereocenters. The fourth-order valence-corrected chi connectivity index (χ4v) is 5.12. The number of hydrogen-bond donors (Lipinski definition) is 3. The molecule has 0 spiro atoms. The number of nitrogens with one attached hydrogen (secondary N) is 3. The van der Waals surface area contributed by atoms with Gasteiger partial charge >= 0.3 is 12.1 Å². The highest BCUT2D eigenvalue weighted by molar-refractivity contribution is 7.17. The van der Waals surface area contributed by atoms with Crippen LogP contribution in [0.25, 0.3) is 10.1 Å². The number of benzene rings is 2. The van der Waals surface area contributed by atoms with E-state index in [0.29, 0.717) is 18.7 Å². The summed E-state index contributed by atoms with van der Waals surface area (Å²) in [5.41, 5.74) is 7.66. The number of alkyl carbamates (subject to hydrolysis) is 1. The van der Waals surface area contributed by atoms with Crippen LogP contribution in [0.15, 0.2) is 65.1 Å². The number of hydrazine groups is 2. The van der Waals surface area contributed by atoms with Gasteiger partial charge in [-0.2, -0.15) is 0 Å². The van der Waals surface area contributed by atoms with E-state index >= 15 is 0 Å². The number of nitrogens with zero attached hydrogens (tertiary/aromatic N) is 2.